The number of nitrogens with zero attached hydrogens (tertiary/aromatic N) is 5. The number of hydrogen-bond acceptors (Lipinski definition) is 7. The van der Waals surface area contributed by atoms with E-state index in [0.717, 1.165) is 0 Å². The van der Waals surface area contributed by atoms with Gasteiger partial charge in [0.2, 0.25) is 0 Å². The third kappa shape index (κ3) is 5.70. The molecule has 4 rings (SSSR count). The third-order valence-electron chi connectivity index (χ3n) is 4.74. The van der Waals surface area contributed by atoms with Gasteiger partial charge in [-0.2, -0.15) is 19.0 Å². The van der Waals surface area contributed by atoms with Crippen molar-refractivity contribution >= 4 is 34.8 Å². The molecule has 0 radical (unpaired) electrons. The number of nitrogens with one attached hydrogen (secondary N) is 2. The van der Waals surface area contributed by atoms with Gasteiger partial charge in [0.15, 0.2) is 5.65 Å². The number of ether oxygens (including phenoxy) is 1. The highest BCUT2D eigenvalue weighted by atomic mass is 35.5. The summed E-state index contributed by atoms with van der Waals surface area (Å²) in [6.45, 7) is -2.88. The van der Waals surface area contributed by atoms with Gasteiger partial charge in [-0.1, -0.05) is 11.6 Å². The van der Waals surface area contributed by atoms with Crippen LogP contribution in [0.25, 0.3) is 16.9 Å². The van der Waals surface area contributed by atoms with E-state index in [4.69, 9.17) is 16.7 Å². The highest BCUT2D eigenvalue weighted by Crippen LogP contribution is 2.37. The summed E-state index contributed by atoms with van der Waals surface area (Å²) in [6, 6.07) is 5.71. The number of anilines is 1. The second-order valence-electron chi connectivity index (χ2n) is 7.14. The molecule has 0 atom stereocenters. The van der Waals surface area contributed by atoms with Crippen molar-refractivity contribution < 1.29 is 28.2 Å². The lowest BCUT2D eigenvalue weighted by atomic mass is 10.1. The van der Waals surface area contributed by atoms with E-state index < -0.39 is 18.5 Å². The number of halogens is 3. The Bertz CT molecular complexity index is 1370. The number of alkyl halides is 2. The zero-order valence-corrected chi connectivity index (χ0v) is 18.6. The molecule has 0 fully saturated rings. The molecule has 0 saturated heterocycles. The number of hydrogen-bond donors (Lipinski definition) is 3. The first kappa shape index (κ1) is 24.0. The summed E-state index contributed by atoms with van der Waals surface area (Å²) in [4.78, 5) is 27.9. The lowest BCUT2D eigenvalue weighted by Gasteiger charge is -2.11. The van der Waals surface area contributed by atoms with Crippen LogP contribution < -0.4 is 15.4 Å². The molecular weight excluding hydrogens is 488 g/mol. The summed E-state index contributed by atoms with van der Waals surface area (Å²) in [6.07, 6.45) is 5.98. The fourth-order valence-electron chi connectivity index (χ4n) is 3.28. The number of aliphatic carboxylic acids is 1. The predicted octanol–water partition coefficient (Wildman–Crippen LogP) is 2.77. The van der Waals surface area contributed by atoms with Crippen molar-refractivity contribution in [2.24, 2.45) is 0 Å². The highest BCUT2D eigenvalue weighted by molar-refractivity contribution is 6.31. The maximum absolute atomic E-state index is 13.1. The Balaban J connectivity index is 1.69. The van der Waals surface area contributed by atoms with E-state index in [9.17, 15) is 18.4 Å². The average Bonchev–Trinajstić information content (AvgIpc) is 3.41. The highest BCUT2D eigenvalue weighted by Gasteiger charge is 2.22. The van der Waals surface area contributed by atoms with Gasteiger partial charge in [-0.15, -0.1) is 0 Å². The first-order valence-electron chi connectivity index (χ1n) is 10.2. The van der Waals surface area contributed by atoms with Gasteiger partial charge in [0.1, 0.15) is 17.0 Å². The van der Waals surface area contributed by atoms with E-state index in [0.29, 0.717) is 5.65 Å². The lowest BCUT2D eigenvalue weighted by Crippen LogP contribution is -2.26. The van der Waals surface area contributed by atoms with Crippen LogP contribution >= 0.6 is 11.6 Å². The molecule has 11 nitrogen and oxygen atoms in total. The van der Waals surface area contributed by atoms with Crippen LogP contribution in [0.5, 0.6) is 5.75 Å². The van der Waals surface area contributed by atoms with Crippen molar-refractivity contribution in [1.82, 2.24) is 29.7 Å². The average molecular weight is 506 g/mol. The molecule has 35 heavy (non-hydrogen) atoms. The van der Waals surface area contributed by atoms with Crippen LogP contribution in [0.4, 0.5) is 14.5 Å². The number of benzene rings is 1. The summed E-state index contributed by atoms with van der Waals surface area (Å²) >= 11 is 6.10. The summed E-state index contributed by atoms with van der Waals surface area (Å²) in [7, 11) is 0. The minimum Gasteiger partial charge on any atom is -0.480 e. The topological polar surface area (TPSA) is 136 Å². The van der Waals surface area contributed by atoms with Crippen molar-refractivity contribution in [2.75, 3.05) is 18.4 Å². The smallest absolute Gasteiger partial charge is 0.387 e. The van der Waals surface area contributed by atoms with Crippen LogP contribution in [0, 0.1) is 0 Å². The zero-order chi connectivity index (χ0) is 24.9. The normalized spacial score (nSPS) is 11.2. The standard InChI is InChI=1S/C21H18ClF2N7O4/c22-12-2-3-16(35-21(23)24)13(8-12)18-15(11-30(29-18)7-5-25-10-17(32)33)28-20(34)14-9-27-31-6-1-4-26-19(14)31/h1-4,6,8-9,11,21,25H,5,7,10H2,(H,28,34)(H,32,33). The van der Waals surface area contributed by atoms with E-state index >= 15 is 0 Å². The molecule has 1 aromatic carbocycles. The molecule has 3 aromatic heterocycles. The molecule has 0 unspecified atom stereocenters. The number of aromatic nitrogens is 5. The Labute approximate surface area is 201 Å². The van der Waals surface area contributed by atoms with Crippen LogP contribution in [0.3, 0.4) is 0 Å². The van der Waals surface area contributed by atoms with Crippen LogP contribution in [-0.2, 0) is 11.3 Å². The first-order chi connectivity index (χ1) is 16.8. The second kappa shape index (κ2) is 10.4. The minimum absolute atomic E-state index is 0.124. The number of fused-ring (bicyclic) bond motifs is 1. The van der Waals surface area contributed by atoms with Crippen molar-refractivity contribution in [2.45, 2.75) is 13.2 Å². The Morgan fingerprint density at radius 3 is 2.89 bits per heavy atom. The van der Waals surface area contributed by atoms with Gasteiger partial charge in [0.25, 0.3) is 5.91 Å². The van der Waals surface area contributed by atoms with Crippen molar-refractivity contribution in [3.05, 3.63) is 59.6 Å². The molecule has 0 bridgehead atoms. The van der Waals surface area contributed by atoms with Gasteiger partial charge in [-0.3, -0.25) is 14.3 Å². The molecule has 0 aliphatic rings. The van der Waals surface area contributed by atoms with E-state index in [1.54, 1.807) is 12.3 Å². The molecule has 4 aromatic rings. The number of carboxylic acid groups (broad SMARTS) is 1. The maximum Gasteiger partial charge on any atom is 0.387 e. The molecule has 14 heteroatoms. The third-order valence-corrected chi connectivity index (χ3v) is 4.98. The van der Waals surface area contributed by atoms with Gasteiger partial charge < -0.3 is 20.5 Å². The van der Waals surface area contributed by atoms with Gasteiger partial charge in [-0.05, 0) is 24.3 Å². The molecule has 3 heterocycles. The van der Waals surface area contributed by atoms with E-state index in [1.165, 1.54) is 46.0 Å². The summed E-state index contributed by atoms with van der Waals surface area (Å²) in [5.41, 5.74) is 0.941. The molecule has 0 aliphatic heterocycles. The van der Waals surface area contributed by atoms with E-state index in [2.05, 4.69) is 30.6 Å². The van der Waals surface area contributed by atoms with E-state index in [-0.39, 0.29) is 52.9 Å². The molecule has 0 spiro atoms. The number of carbonyl (C=O) groups is 2. The van der Waals surface area contributed by atoms with Crippen LogP contribution in [-0.4, -0.2) is 61.1 Å². The lowest BCUT2D eigenvalue weighted by molar-refractivity contribution is -0.135. The molecule has 1 amide bonds. The number of carbonyl (C=O) groups excluding carboxylic acids is 1. The van der Waals surface area contributed by atoms with Crippen molar-refractivity contribution in [3.8, 4) is 17.0 Å². The van der Waals surface area contributed by atoms with Crippen LogP contribution in [0.2, 0.25) is 5.02 Å². The Morgan fingerprint density at radius 1 is 1.29 bits per heavy atom. The molecule has 0 aliphatic carbocycles. The number of amides is 1. The quantitative estimate of drug-likeness (QED) is 0.280. The van der Waals surface area contributed by atoms with Gasteiger partial charge in [-0.25, -0.2) is 9.50 Å². The largest absolute Gasteiger partial charge is 0.480 e. The number of rotatable bonds is 10. The minimum atomic E-state index is -3.10. The maximum atomic E-state index is 13.1. The Morgan fingerprint density at radius 2 is 2.11 bits per heavy atom. The van der Waals surface area contributed by atoms with Crippen molar-refractivity contribution in [3.63, 3.8) is 0 Å². The Kier molecular flexibility index (Phi) is 7.17. The van der Waals surface area contributed by atoms with Crippen LogP contribution in [0.15, 0.2) is 49.1 Å². The Hall–Kier alpha value is -4.10. The van der Waals surface area contributed by atoms with Gasteiger partial charge in [0.05, 0.1) is 25.0 Å². The molecule has 182 valence electrons. The van der Waals surface area contributed by atoms with Crippen LogP contribution in [0.1, 0.15) is 10.4 Å². The predicted molar refractivity (Wildman–Crippen MR) is 121 cm³/mol. The monoisotopic (exact) mass is 505 g/mol. The van der Waals surface area contributed by atoms with Gasteiger partial charge in [0, 0.05) is 35.7 Å². The number of carboxylic acids is 1. The fraction of sp³-hybridized carbons (Fsp3) is 0.190. The second-order valence-corrected chi connectivity index (χ2v) is 7.58. The fourth-order valence-corrected chi connectivity index (χ4v) is 3.45. The molecule has 3 N–H and O–H groups in total. The molecular formula is C21H18ClF2N7O4. The summed E-state index contributed by atoms with van der Waals surface area (Å²) in [5.74, 6) is -1.76. The first-order valence-corrected chi connectivity index (χ1v) is 10.5. The molecule has 0 saturated carbocycles. The summed E-state index contributed by atoms with van der Waals surface area (Å²) < 4.78 is 33.5. The van der Waals surface area contributed by atoms with Gasteiger partial charge >= 0.3 is 12.6 Å². The van der Waals surface area contributed by atoms with E-state index in [1.807, 2.05) is 0 Å². The zero-order valence-electron chi connectivity index (χ0n) is 17.9. The summed E-state index contributed by atoms with van der Waals surface area (Å²) in [5, 5.41) is 22.9. The SMILES string of the molecule is O=C(O)CNCCn1cc(NC(=O)c2cnn3cccnc23)c(-c2cc(Cl)ccc2OC(F)F)n1. The van der Waals surface area contributed by atoms with Crippen molar-refractivity contribution in [1.29, 1.82) is 0 Å².